The number of ketones is 1. The molecule has 1 fully saturated rings. The number of rotatable bonds is 6. The van der Waals surface area contributed by atoms with Crippen LogP contribution in [-0.4, -0.2) is 47.0 Å². The molecule has 31 heavy (non-hydrogen) atoms. The van der Waals surface area contributed by atoms with Gasteiger partial charge in [0, 0.05) is 12.2 Å². The molecule has 7 nitrogen and oxygen atoms in total. The fourth-order valence-corrected chi connectivity index (χ4v) is 4.74. The third kappa shape index (κ3) is 4.18. The highest BCUT2D eigenvalue weighted by molar-refractivity contribution is 7.99. The minimum atomic E-state index is -0.102. The van der Waals surface area contributed by atoms with Gasteiger partial charge >= 0.3 is 0 Å². The summed E-state index contributed by atoms with van der Waals surface area (Å²) in [5.41, 5.74) is 1.08. The number of aromatic nitrogens is 2. The van der Waals surface area contributed by atoms with Crippen molar-refractivity contribution in [2.75, 3.05) is 25.6 Å². The summed E-state index contributed by atoms with van der Waals surface area (Å²) in [5, 5.41) is 1.10. The van der Waals surface area contributed by atoms with Crippen molar-refractivity contribution < 1.29 is 19.0 Å². The highest BCUT2D eigenvalue weighted by Crippen LogP contribution is 2.31. The molecule has 3 aromatic rings. The second kappa shape index (κ2) is 8.72. The van der Waals surface area contributed by atoms with Crippen LogP contribution in [0.1, 0.15) is 23.2 Å². The van der Waals surface area contributed by atoms with Crippen molar-refractivity contribution in [3.63, 3.8) is 0 Å². The van der Waals surface area contributed by atoms with E-state index in [0.29, 0.717) is 59.5 Å². The smallest absolute Gasteiger partial charge is 0.262 e. The maximum absolute atomic E-state index is 13.2. The van der Waals surface area contributed by atoms with Crippen molar-refractivity contribution in [1.82, 2.24) is 9.55 Å². The summed E-state index contributed by atoms with van der Waals surface area (Å²) >= 11 is 1.27. The van der Waals surface area contributed by atoms with Gasteiger partial charge in [-0.3, -0.25) is 14.2 Å². The van der Waals surface area contributed by atoms with Crippen LogP contribution in [0.4, 0.5) is 0 Å². The fourth-order valence-electron chi connectivity index (χ4n) is 3.84. The maximum atomic E-state index is 13.2. The Bertz CT molecular complexity index is 1190. The number of thioether (sulfide) groups is 1. The number of fused-ring (bicyclic) bond motifs is 2. The lowest BCUT2D eigenvalue weighted by Gasteiger charge is -2.18. The zero-order chi connectivity index (χ0) is 21.2. The number of hydrogen-bond acceptors (Lipinski definition) is 7. The maximum Gasteiger partial charge on any atom is 0.262 e. The first-order valence-electron chi connectivity index (χ1n) is 10.4. The van der Waals surface area contributed by atoms with Gasteiger partial charge in [-0.1, -0.05) is 23.9 Å². The molecule has 1 unspecified atom stereocenters. The van der Waals surface area contributed by atoms with Crippen molar-refractivity contribution in [3.8, 4) is 11.5 Å². The number of carbonyl (C=O) groups is 1. The second-order valence-corrected chi connectivity index (χ2v) is 8.48. The van der Waals surface area contributed by atoms with Gasteiger partial charge in [-0.15, -0.1) is 0 Å². The van der Waals surface area contributed by atoms with Gasteiger partial charge in [-0.05, 0) is 43.2 Å². The Morgan fingerprint density at radius 1 is 1.10 bits per heavy atom. The van der Waals surface area contributed by atoms with Crippen LogP contribution < -0.4 is 15.0 Å². The Kier molecular flexibility index (Phi) is 5.65. The molecule has 3 heterocycles. The van der Waals surface area contributed by atoms with Crippen LogP contribution >= 0.6 is 11.8 Å². The van der Waals surface area contributed by atoms with Gasteiger partial charge in [0.05, 0.1) is 29.3 Å². The van der Waals surface area contributed by atoms with Gasteiger partial charge in [0.2, 0.25) is 0 Å². The third-order valence-corrected chi connectivity index (χ3v) is 6.41. The average Bonchev–Trinajstić information content (AvgIpc) is 3.32. The molecule has 0 aliphatic carbocycles. The quantitative estimate of drug-likeness (QED) is 0.332. The number of nitrogens with zero attached hydrogens (tertiary/aromatic N) is 2. The van der Waals surface area contributed by atoms with E-state index in [2.05, 4.69) is 4.98 Å². The van der Waals surface area contributed by atoms with Crippen molar-refractivity contribution >= 4 is 28.4 Å². The van der Waals surface area contributed by atoms with Gasteiger partial charge in [0.15, 0.2) is 22.4 Å². The summed E-state index contributed by atoms with van der Waals surface area (Å²) in [7, 11) is 0. The van der Waals surface area contributed by atoms with E-state index < -0.39 is 0 Å². The average molecular weight is 439 g/mol. The van der Waals surface area contributed by atoms with E-state index in [1.807, 2.05) is 18.2 Å². The predicted molar refractivity (Wildman–Crippen MR) is 117 cm³/mol. The lowest BCUT2D eigenvalue weighted by molar-refractivity contribution is 0.0937. The number of ether oxygens (including phenoxy) is 3. The van der Waals surface area contributed by atoms with Crippen LogP contribution in [0.3, 0.4) is 0 Å². The van der Waals surface area contributed by atoms with E-state index in [-0.39, 0.29) is 23.2 Å². The van der Waals surface area contributed by atoms with Crippen LogP contribution in [-0.2, 0) is 11.3 Å². The van der Waals surface area contributed by atoms with Crippen LogP contribution in [0.25, 0.3) is 10.9 Å². The van der Waals surface area contributed by atoms with Crippen LogP contribution in [0.5, 0.6) is 11.5 Å². The third-order valence-electron chi connectivity index (χ3n) is 5.43. The van der Waals surface area contributed by atoms with Crippen molar-refractivity contribution in [2.24, 2.45) is 0 Å². The number of benzene rings is 2. The molecule has 0 bridgehead atoms. The van der Waals surface area contributed by atoms with E-state index in [0.717, 1.165) is 12.8 Å². The van der Waals surface area contributed by atoms with Crippen molar-refractivity contribution in [3.05, 3.63) is 58.4 Å². The highest BCUT2D eigenvalue weighted by atomic mass is 32.2. The normalized spacial score (nSPS) is 17.7. The topological polar surface area (TPSA) is 79.7 Å². The molecule has 0 radical (unpaired) electrons. The molecule has 0 N–H and O–H groups in total. The molecule has 0 saturated carbocycles. The van der Waals surface area contributed by atoms with E-state index >= 15 is 0 Å². The summed E-state index contributed by atoms with van der Waals surface area (Å²) in [5.74, 6) is 1.34. The molecule has 1 saturated heterocycles. The van der Waals surface area contributed by atoms with Crippen LogP contribution in [0.15, 0.2) is 52.4 Å². The number of para-hydroxylation sites is 1. The van der Waals surface area contributed by atoms with Crippen LogP contribution in [0.2, 0.25) is 0 Å². The summed E-state index contributed by atoms with van der Waals surface area (Å²) in [6.07, 6.45) is 1.90. The molecule has 160 valence electrons. The first-order valence-corrected chi connectivity index (χ1v) is 11.3. The second-order valence-electron chi connectivity index (χ2n) is 7.53. The van der Waals surface area contributed by atoms with Crippen molar-refractivity contribution in [1.29, 1.82) is 0 Å². The predicted octanol–water partition coefficient (Wildman–Crippen LogP) is 3.32. The van der Waals surface area contributed by atoms with Gasteiger partial charge in [0.25, 0.3) is 5.56 Å². The molecule has 1 aromatic heterocycles. The molecule has 0 amide bonds. The fraction of sp³-hybridized carbons (Fsp3) is 0.348. The van der Waals surface area contributed by atoms with Gasteiger partial charge < -0.3 is 14.2 Å². The molecule has 1 atom stereocenters. The Hall–Kier alpha value is -2.84. The zero-order valence-corrected chi connectivity index (χ0v) is 17.7. The van der Waals surface area contributed by atoms with Gasteiger partial charge in [0.1, 0.15) is 13.2 Å². The van der Waals surface area contributed by atoms with E-state index in [1.54, 1.807) is 28.8 Å². The first-order chi connectivity index (χ1) is 15.2. The molecule has 2 aliphatic heterocycles. The van der Waals surface area contributed by atoms with E-state index in [9.17, 15) is 9.59 Å². The highest BCUT2D eigenvalue weighted by Gasteiger charge is 2.21. The Balaban J connectivity index is 1.41. The largest absolute Gasteiger partial charge is 0.486 e. The lowest BCUT2D eigenvalue weighted by atomic mass is 10.1. The number of carbonyl (C=O) groups excluding carboxylic acids is 1. The molecule has 5 rings (SSSR count). The van der Waals surface area contributed by atoms with Gasteiger partial charge in [-0.2, -0.15) is 0 Å². The SMILES string of the molecule is O=C(CSc1nc2ccccc2c(=O)n1CC1CCCO1)c1ccc2c(c1)OCCO2. The monoisotopic (exact) mass is 438 g/mol. The minimum absolute atomic E-state index is 0.00601. The summed E-state index contributed by atoms with van der Waals surface area (Å²) in [4.78, 5) is 30.7. The van der Waals surface area contributed by atoms with E-state index in [1.165, 1.54) is 11.8 Å². The molecule has 8 heteroatoms. The molecule has 0 spiro atoms. The van der Waals surface area contributed by atoms with E-state index in [4.69, 9.17) is 14.2 Å². The summed E-state index contributed by atoms with van der Waals surface area (Å²) in [6, 6.07) is 12.5. The standard InChI is InChI=1S/C23H22N2O5S/c26-19(15-7-8-20-21(12-15)30-11-10-29-20)14-31-23-24-18-6-2-1-5-17(18)22(27)25(23)13-16-4-3-9-28-16/h1-2,5-8,12,16H,3-4,9-11,13-14H2. The molecule has 2 aromatic carbocycles. The first kappa shape index (κ1) is 20.1. The molecular weight excluding hydrogens is 416 g/mol. The Labute approximate surface area is 183 Å². The number of hydrogen-bond donors (Lipinski definition) is 0. The zero-order valence-electron chi connectivity index (χ0n) is 16.9. The van der Waals surface area contributed by atoms with Crippen molar-refractivity contribution in [2.45, 2.75) is 30.6 Å². The lowest BCUT2D eigenvalue weighted by Crippen LogP contribution is -2.29. The Morgan fingerprint density at radius 3 is 2.77 bits per heavy atom. The van der Waals surface area contributed by atoms with Gasteiger partial charge in [-0.25, -0.2) is 4.98 Å². The summed E-state index contributed by atoms with van der Waals surface area (Å²) < 4.78 is 18.5. The minimum Gasteiger partial charge on any atom is -0.486 e. The summed E-state index contributed by atoms with van der Waals surface area (Å²) in [6.45, 7) is 2.13. The Morgan fingerprint density at radius 2 is 1.94 bits per heavy atom. The molecular formula is C23H22N2O5S. The number of Topliss-reactive ketones (excluding diaryl/α,β-unsaturated/α-hetero) is 1. The molecule has 2 aliphatic rings. The van der Waals surface area contributed by atoms with Crippen LogP contribution in [0, 0.1) is 0 Å².